The summed E-state index contributed by atoms with van der Waals surface area (Å²) in [6, 6.07) is 10.1. The maximum absolute atomic E-state index is 12.2. The minimum absolute atomic E-state index is 0.176. The van der Waals surface area contributed by atoms with Crippen molar-refractivity contribution in [1.82, 2.24) is 5.01 Å². The summed E-state index contributed by atoms with van der Waals surface area (Å²) in [6.45, 7) is 0. The zero-order valence-electron chi connectivity index (χ0n) is 15.3. The van der Waals surface area contributed by atoms with Gasteiger partial charge in [0.05, 0.1) is 27.5 Å². The molecule has 1 heterocycles. The minimum Gasteiger partial charge on any atom is -0.493 e. The van der Waals surface area contributed by atoms with Gasteiger partial charge in [0.15, 0.2) is 17.3 Å². The highest BCUT2D eigenvalue weighted by Gasteiger charge is 2.30. The van der Waals surface area contributed by atoms with Crippen LogP contribution in [0.4, 0.5) is 0 Å². The molecule has 0 amide bonds. The topological polar surface area (TPSA) is 89.8 Å². The molecule has 0 unspecified atom stereocenters. The number of fused-ring (bicyclic) bond motifs is 1. The predicted octanol–water partition coefficient (Wildman–Crippen LogP) is 2.13. The van der Waals surface area contributed by atoms with Crippen LogP contribution in [0.2, 0.25) is 0 Å². The quantitative estimate of drug-likeness (QED) is 0.575. The molecule has 0 saturated heterocycles. The van der Waals surface area contributed by atoms with Gasteiger partial charge in [0.2, 0.25) is 5.75 Å². The standard InChI is InChI=1S/C18H19N3O5S/c1-21(18-13-7-5-6-8-16(13)27(22,23)20-18)19-11-12-9-14(24-2)17(26-4)15(10-12)25-3/h5-11H,1-4H3. The lowest BCUT2D eigenvalue weighted by atomic mass is 10.2. The Morgan fingerprint density at radius 3 is 2.26 bits per heavy atom. The van der Waals surface area contributed by atoms with Crippen molar-refractivity contribution in [2.45, 2.75) is 4.90 Å². The fourth-order valence-corrected chi connectivity index (χ4v) is 3.94. The molecule has 1 aliphatic rings. The van der Waals surface area contributed by atoms with E-state index in [0.29, 0.717) is 28.4 Å². The number of methoxy groups -OCH3 is 3. The van der Waals surface area contributed by atoms with Gasteiger partial charge in [-0.2, -0.15) is 13.5 Å². The summed E-state index contributed by atoms with van der Waals surface area (Å²) in [5.74, 6) is 1.72. The molecule has 0 atom stereocenters. The average Bonchev–Trinajstić information content (AvgIpc) is 2.96. The molecule has 27 heavy (non-hydrogen) atoms. The van der Waals surface area contributed by atoms with Crippen LogP contribution in [0.3, 0.4) is 0 Å². The lowest BCUT2D eigenvalue weighted by Crippen LogP contribution is -2.21. The van der Waals surface area contributed by atoms with E-state index in [-0.39, 0.29) is 10.7 Å². The lowest BCUT2D eigenvalue weighted by molar-refractivity contribution is 0.324. The first-order valence-corrected chi connectivity index (χ1v) is 9.37. The summed E-state index contributed by atoms with van der Waals surface area (Å²) >= 11 is 0. The van der Waals surface area contributed by atoms with Gasteiger partial charge in [0, 0.05) is 18.2 Å². The van der Waals surface area contributed by atoms with Crippen LogP contribution in [0.25, 0.3) is 0 Å². The highest BCUT2D eigenvalue weighted by atomic mass is 32.2. The summed E-state index contributed by atoms with van der Waals surface area (Å²) in [7, 11) is 2.51. The van der Waals surface area contributed by atoms with Crippen LogP contribution in [0.15, 0.2) is 50.8 Å². The molecule has 2 aromatic rings. The van der Waals surface area contributed by atoms with Crippen molar-refractivity contribution in [1.29, 1.82) is 0 Å². The first kappa shape index (κ1) is 18.7. The van der Waals surface area contributed by atoms with Gasteiger partial charge in [-0.25, -0.2) is 5.01 Å². The van der Waals surface area contributed by atoms with E-state index >= 15 is 0 Å². The van der Waals surface area contributed by atoms with Crippen LogP contribution >= 0.6 is 0 Å². The van der Waals surface area contributed by atoms with Crippen molar-refractivity contribution in [3.63, 3.8) is 0 Å². The van der Waals surface area contributed by atoms with Crippen molar-refractivity contribution >= 4 is 22.1 Å². The van der Waals surface area contributed by atoms with E-state index in [1.807, 2.05) is 0 Å². The number of hydrogen-bond acceptors (Lipinski definition) is 7. The Balaban J connectivity index is 1.93. The maximum atomic E-state index is 12.2. The van der Waals surface area contributed by atoms with E-state index in [0.717, 1.165) is 0 Å². The van der Waals surface area contributed by atoms with Crippen LogP contribution in [-0.2, 0) is 10.0 Å². The summed E-state index contributed by atoms with van der Waals surface area (Å²) < 4.78 is 44.1. The Hall–Kier alpha value is -3.07. The monoisotopic (exact) mass is 389 g/mol. The summed E-state index contributed by atoms with van der Waals surface area (Å²) in [5.41, 5.74) is 1.20. The second-order valence-corrected chi connectivity index (χ2v) is 7.19. The largest absolute Gasteiger partial charge is 0.493 e. The second kappa shape index (κ2) is 7.28. The van der Waals surface area contributed by atoms with Crippen LogP contribution in [0.5, 0.6) is 17.2 Å². The Labute approximate surface area is 157 Å². The van der Waals surface area contributed by atoms with Gasteiger partial charge in [-0.05, 0) is 24.3 Å². The molecule has 0 fully saturated rings. The van der Waals surface area contributed by atoms with Crippen LogP contribution in [0.1, 0.15) is 11.1 Å². The van der Waals surface area contributed by atoms with E-state index in [1.54, 1.807) is 43.6 Å². The number of hydrogen-bond donors (Lipinski definition) is 0. The Morgan fingerprint density at radius 1 is 1.04 bits per heavy atom. The second-order valence-electron chi connectivity index (χ2n) is 5.61. The van der Waals surface area contributed by atoms with E-state index in [4.69, 9.17) is 14.2 Å². The number of ether oxygens (including phenoxy) is 3. The third-order valence-corrected chi connectivity index (χ3v) is 5.31. The molecule has 0 aromatic heterocycles. The van der Waals surface area contributed by atoms with Gasteiger partial charge in [-0.3, -0.25) is 0 Å². The number of rotatable bonds is 5. The molecule has 3 rings (SSSR count). The fraction of sp³-hybridized carbons (Fsp3) is 0.222. The zero-order valence-corrected chi connectivity index (χ0v) is 16.1. The average molecular weight is 389 g/mol. The molecule has 0 spiro atoms. The summed E-state index contributed by atoms with van der Waals surface area (Å²) in [6.07, 6.45) is 1.56. The molecule has 0 N–H and O–H groups in total. The molecule has 142 valence electrons. The van der Waals surface area contributed by atoms with Gasteiger partial charge >= 0.3 is 0 Å². The highest BCUT2D eigenvalue weighted by Crippen LogP contribution is 2.37. The smallest absolute Gasteiger partial charge is 0.285 e. The number of sulfonamides is 1. The minimum atomic E-state index is -3.70. The fourth-order valence-electron chi connectivity index (χ4n) is 2.71. The van der Waals surface area contributed by atoms with Crippen molar-refractivity contribution in [2.75, 3.05) is 28.4 Å². The number of hydrazone groups is 1. The summed E-state index contributed by atoms with van der Waals surface area (Å²) in [5, 5.41) is 5.72. The van der Waals surface area contributed by atoms with E-state index < -0.39 is 10.0 Å². The lowest BCUT2D eigenvalue weighted by Gasteiger charge is -2.14. The number of amidine groups is 1. The first-order valence-electron chi connectivity index (χ1n) is 7.93. The molecule has 0 saturated carbocycles. The SMILES string of the molecule is COc1cc(C=NN(C)C2=NS(=O)(=O)c3ccccc32)cc(OC)c1OC. The molecule has 0 bridgehead atoms. The molecular weight excluding hydrogens is 370 g/mol. The molecular formula is C18H19N3O5S. The summed E-state index contributed by atoms with van der Waals surface area (Å²) in [4.78, 5) is 0.176. The molecule has 2 aromatic carbocycles. The molecule has 0 radical (unpaired) electrons. The van der Waals surface area contributed by atoms with Gasteiger partial charge in [0.25, 0.3) is 10.0 Å². The maximum Gasteiger partial charge on any atom is 0.285 e. The molecule has 0 aliphatic carbocycles. The molecule has 1 aliphatic heterocycles. The molecule has 9 heteroatoms. The number of benzene rings is 2. The first-order chi connectivity index (χ1) is 12.9. The highest BCUT2D eigenvalue weighted by molar-refractivity contribution is 7.90. The van der Waals surface area contributed by atoms with Crippen molar-refractivity contribution in [3.05, 3.63) is 47.5 Å². The Bertz CT molecular complexity index is 1010. The van der Waals surface area contributed by atoms with Gasteiger partial charge < -0.3 is 14.2 Å². The Kier molecular flexibility index (Phi) is 5.04. The van der Waals surface area contributed by atoms with Crippen molar-refractivity contribution in [3.8, 4) is 17.2 Å². The molecule has 8 nitrogen and oxygen atoms in total. The number of nitrogens with zero attached hydrogens (tertiary/aromatic N) is 3. The predicted molar refractivity (Wildman–Crippen MR) is 102 cm³/mol. The third-order valence-electron chi connectivity index (χ3n) is 3.99. The van der Waals surface area contributed by atoms with Crippen LogP contribution in [0, 0.1) is 0 Å². The van der Waals surface area contributed by atoms with Gasteiger partial charge in [-0.1, -0.05) is 12.1 Å². The van der Waals surface area contributed by atoms with E-state index in [2.05, 4.69) is 9.50 Å². The van der Waals surface area contributed by atoms with E-state index in [9.17, 15) is 8.42 Å². The van der Waals surface area contributed by atoms with Gasteiger partial charge in [0.1, 0.15) is 4.90 Å². The van der Waals surface area contributed by atoms with Crippen LogP contribution in [-0.4, -0.2) is 53.9 Å². The van der Waals surface area contributed by atoms with Crippen LogP contribution < -0.4 is 14.2 Å². The van der Waals surface area contributed by atoms with Crippen molar-refractivity contribution < 1.29 is 22.6 Å². The van der Waals surface area contributed by atoms with E-state index in [1.165, 1.54) is 32.4 Å². The third kappa shape index (κ3) is 3.45. The zero-order chi connectivity index (χ0) is 19.6. The normalized spacial score (nSPS) is 14.6. The Morgan fingerprint density at radius 2 is 1.67 bits per heavy atom. The van der Waals surface area contributed by atoms with Gasteiger partial charge in [-0.15, -0.1) is 4.40 Å². The van der Waals surface area contributed by atoms with Crippen molar-refractivity contribution in [2.24, 2.45) is 9.50 Å².